The molecule has 1 atom stereocenters. The minimum Gasteiger partial charge on any atom is -0.387 e. The van der Waals surface area contributed by atoms with Crippen LogP contribution in [0.1, 0.15) is 16.8 Å². The molecule has 8 nitrogen and oxygen atoms in total. The van der Waals surface area contributed by atoms with Crippen LogP contribution in [0.3, 0.4) is 0 Å². The lowest BCUT2D eigenvalue weighted by molar-refractivity contribution is 0.0562. The van der Waals surface area contributed by atoms with Gasteiger partial charge in [0.1, 0.15) is 0 Å². The molecule has 1 fully saturated rings. The minimum atomic E-state index is -0.927. The Bertz CT molecular complexity index is 865. The van der Waals surface area contributed by atoms with Gasteiger partial charge >= 0.3 is 5.69 Å². The van der Waals surface area contributed by atoms with Crippen molar-refractivity contribution in [2.45, 2.75) is 12.0 Å². The topological polar surface area (TPSA) is 127 Å². The SMILES string of the molecule is O=C(NC[C@@]1(O)CCNC1)c1cccc(-c2c[nH]c(=O)[nH]c2=O)c1. The zero-order chi connectivity index (χ0) is 17.2. The molecule has 1 saturated heterocycles. The Labute approximate surface area is 136 Å². The second kappa shape index (κ2) is 6.42. The van der Waals surface area contributed by atoms with Crippen molar-refractivity contribution >= 4 is 5.91 Å². The van der Waals surface area contributed by atoms with Crippen molar-refractivity contribution in [1.29, 1.82) is 0 Å². The van der Waals surface area contributed by atoms with Gasteiger partial charge in [-0.3, -0.25) is 14.6 Å². The molecule has 1 aromatic carbocycles. The number of amides is 1. The summed E-state index contributed by atoms with van der Waals surface area (Å²) in [6.07, 6.45) is 1.89. The summed E-state index contributed by atoms with van der Waals surface area (Å²) in [5, 5.41) is 16.0. The number of β-amino-alcohol motifs (C(OH)–C–C–N with tert-alkyl or cyclic N) is 1. The number of carbonyl (C=O) groups is 1. The average molecular weight is 330 g/mol. The van der Waals surface area contributed by atoms with Crippen LogP contribution in [0.4, 0.5) is 0 Å². The highest BCUT2D eigenvalue weighted by atomic mass is 16.3. The van der Waals surface area contributed by atoms with Crippen LogP contribution in [0.25, 0.3) is 11.1 Å². The maximum atomic E-state index is 12.3. The van der Waals surface area contributed by atoms with E-state index in [2.05, 4.69) is 20.6 Å². The Morgan fingerprint density at radius 1 is 1.33 bits per heavy atom. The highest BCUT2D eigenvalue weighted by molar-refractivity contribution is 5.95. The fourth-order valence-corrected chi connectivity index (χ4v) is 2.68. The molecule has 0 spiro atoms. The first-order valence-electron chi connectivity index (χ1n) is 7.61. The molecule has 3 rings (SSSR count). The summed E-state index contributed by atoms with van der Waals surface area (Å²) in [6.45, 7) is 1.32. The van der Waals surface area contributed by atoms with Gasteiger partial charge in [-0.05, 0) is 30.7 Å². The van der Waals surface area contributed by atoms with E-state index in [1.54, 1.807) is 24.3 Å². The number of hydrogen-bond donors (Lipinski definition) is 5. The van der Waals surface area contributed by atoms with E-state index in [-0.39, 0.29) is 18.0 Å². The molecule has 0 radical (unpaired) electrons. The van der Waals surface area contributed by atoms with Gasteiger partial charge in [-0.1, -0.05) is 12.1 Å². The summed E-state index contributed by atoms with van der Waals surface area (Å²) < 4.78 is 0. The second-order valence-corrected chi connectivity index (χ2v) is 5.90. The highest BCUT2D eigenvalue weighted by Gasteiger charge is 2.31. The number of aromatic nitrogens is 2. The number of benzene rings is 1. The van der Waals surface area contributed by atoms with E-state index in [1.165, 1.54) is 6.20 Å². The Kier molecular flexibility index (Phi) is 4.32. The maximum absolute atomic E-state index is 12.3. The lowest BCUT2D eigenvalue weighted by Crippen LogP contribution is -2.44. The third-order valence-corrected chi connectivity index (χ3v) is 4.05. The fraction of sp³-hybridized carbons (Fsp3) is 0.312. The molecule has 2 aromatic rings. The van der Waals surface area contributed by atoms with Gasteiger partial charge in [-0.15, -0.1) is 0 Å². The van der Waals surface area contributed by atoms with E-state index in [4.69, 9.17) is 0 Å². The van der Waals surface area contributed by atoms with Gasteiger partial charge in [0.25, 0.3) is 11.5 Å². The van der Waals surface area contributed by atoms with Gasteiger partial charge in [-0.25, -0.2) is 4.79 Å². The molecule has 5 N–H and O–H groups in total. The normalized spacial score (nSPS) is 20.0. The molecule has 0 bridgehead atoms. The van der Waals surface area contributed by atoms with Crippen LogP contribution in [0.5, 0.6) is 0 Å². The number of nitrogens with one attached hydrogen (secondary N) is 4. The van der Waals surface area contributed by atoms with Crippen LogP contribution >= 0.6 is 0 Å². The molecule has 126 valence electrons. The predicted molar refractivity (Wildman–Crippen MR) is 87.9 cm³/mol. The predicted octanol–water partition coefficient (Wildman–Crippen LogP) is -0.816. The molecular weight excluding hydrogens is 312 g/mol. The molecule has 1 aliphatic rings. The van der Waals surface area contributed by atoms with E-state index in [0.29, 0.717) is 24.1 Å². The second-order valence-electron chi connectivity index (χ2n) is 5.90. The van der Waals surface area contributed by atoms with Crippen molar-refractivity contribution in [2.24, 2.45) is 0 Å². The first-order valence-corrected chi connectivity index (χ1v) is 7.61. The number of rotatable bonds is 4. The molecule has 1 aromatic heterocycles. The molecule has 0 aliphatic carbocycles. The lowest BCUT2D eigenvalue weighted by atomic mass is 10.0. The number of aliphatic hydroxyl groups is 1. The molecule has 8 heteroatoms. The Morgan fingerprint density at radius 2 is 2.17 bits per heavy atom. The van der Waals surface area contributed by atoms with Crippen molar-refractivity contribution in [3.63, 3.8) is 0 Å². The molecule has 0 saturated carbocycles. The first kappa shape index (κ1) is 16.2. The molecular formula is C16H18N4O4. The van der Waals surface area contributed by atoms with Crippen LogP contribution in [0.2, 0.25) is 0 Å². The van der Waals surface area contributed by atoms with Gasteiger partial charge in [0.05, 0.1) is 11.2 Å². The van der Waals surface area contributed by atoms with Crippen LogP contribution < -0.4 is 21.9 Å². The monoisotopic (exact) mass is 330 g/mol. The third kappa shape index (κ3) is 3.44. The first-order chi connectivity index (χ1) is 11.5. The van der Waals surface area contributed by atoms with Crippen molar-refractivity contribution in [3.05, 3.63) is 56.9 Å². The van der Waals surface area contributed by atoms with E-state index in [1.807, 2.05) is 0 Å². The molecule has 0 unspecified atom stereocenters. The number of hydrogen-bond acceptors (Lipinski definition) is 5. The minimum absolute atomic E-state index is 0.155. The summed E-state index contributed by atoms with van der Waals surface area (Å²) >= 11 is 0. The van der Waals surface area contributed by atoms with Crippen molar-refractivity contribution in [3.8, 4) is 11.1 Å². The van der Waals surface area contributed by atoms with Crippen molar-refractivity contribution in [2.75, 3.05) is 19.6 Å². The standard InChI is InChI=1S/C16H18N4O4/c21-13(19-9-16(24)4-5-17-8-16)11-3-1-2-10(6-11)12-7-18-15(23)20-14(12)22/h1-3,6-7,17,24H,4-5,8-9H2,(H,19,21)(H2,18,20,22,23)/t16-/m1/s1. The Balaban J connectivity index is 1.78. The molecule has 24 heavy (non-hydrogen) atoms. The smallest absolute Gasteiger partial charge is 0.325 e. The zero-order valence-corrected chi connectivity index (χ0v) is 12.9. The van der Waals surface area contributed by atoms with Gasteiger partial charge in [-0.2, -0.15) is 0 Å². The lowest BCUT2D eigenvalue weighted by Gasteiger charge is -2.21. The van der Waals surface area contributed by atoms with Crippen molar-refractivity contribution < 1.29 is 9.90 Å². The van der Waals surface area contributed by atoms with Gasteiger partial charge in [0, 0.05) is 24.8 Å². The fourth-order valence-electron chi connectivity index (χ4n) is 2.68. The van der Waals surface area contributed by atoms with E-state index < -0.39 is 16.9 Å². The van der Waals surface area contributed by atoms with Crippen LogP contribution in [0, 0.1) is 0 Å². The summed E-state index contributed by atoms with van der Waals surface area (Å²) in [4.78, 5) is 39.8. The Morgan fingerprint density at radius 3 is 2.88 bits per heavy atom. The maximum Gasteiger partial charge on any atom is 0.325 e. The molecule has 1 aliphatic heterocycles. The molecule has 2 heterocycles. The quantitative estimate of drug-likeness (QED) is 0.501. The average Bonchev–Trinajstić information content (AvgIpc) is 3.00. The third-order valence-electron chi connectivity index (χ3n) is 4.05. The number of carbonyl (C=O) groups excluding carboxylic acids is 1. The Hall–Kier alpha value is -2.71. The summed E-state index contributed by atoms with van der Waals surface area (Å²) in [6, 6.07) is 6.51. The van der Waals surface area contributed by atoms with E-state index in [0.717, 1.165) is 6.54 Å². The van der Waals surface area contributed by atoms with E-state index >= 15 is 0 Å². The van der Waals surface area contributed by atoms with Gasteiger partial charge < -0.3 is 20.7 Å². The number of H-pyrrole nitrogens is 2. The summed E-state index contributed by atoms with van der Waals surface area (Å²) in [5.74, 6) is -0.335. The van der Waals surface area contributed by atoms with Crippen LogP contribution in [-0.2, 0) is 0 Å². The highest BCUT2D eigenvalue weighted by Crippen LogP contribution is 2.16. The zero-order valence-electron chi connectivity index (χ0n) is 12.9. The summed E-state index contributed by atoms with van der Waals surface area (Å²) in [7, 11) is 0. The largest absolute Gasteiger partial charge is 0.387 e. The molecule has 1 amide bonds. The van der Waals surface area contributed by atoms with E-state index in [9.17, 15) is 19.5 Å². The van der Waals surface area contributed by atoms with Crippen LogP contribution in [-0.4, -0.2) is 46.2 Å². The van der Waals surface area contributed by atoms with Crippen molar-refractivity contribution in [1.82, 2.24) is 20.6 Å². The van der Waals surface area contributed by atoms with Gasteiger partial charge in [0.2, 0.25) is 0 Å². The van der Waals surface area contributed by atoms with Crippen LogP contribution in [0.15, 0.2) is 40.1 Å². The van der Waals surface area contributed by atoms with Gasteiger partial charge in [0.15, 0.2) is 0 Å². The number of aromatic amines is 2. The summed E-state index contributed by atoms with van der Waals surface area (Å²) in [5.41, 5.74) is -0.890.